The molecule has 1 aromatic rings. The molecular formula is C13H15ClFNO3. The summed E-state index contributed by atoms with van der Waals surface area (Å²) in [7, 11) is 0. The van der Waals surface area contributed by atoms with Crippen LogP contribution in [0.25, 0.3) is 0 Å². The molecule has 0 saturated carbocycles. The molecule has 1 saturated heterocycles. The van der Waals surface area contributed by atoms with Gasteiger partial charge >= 0.3 is 0 Å². The zero-order valence-corrected chi connectivity index (χ0v) is 11.0. The van der Waals surface area contributed by atoms with Crippen LogP contribution in [0.1, 0.15) is 17.5 Å². The molecule has 1 heterocycles. The van der Waals surface area contributed by atoms with Crippen molar-refractivity contribution in [2.45, 2.75) is 25.6 Å². The summed E-state index contributed by atoms with van der Waals surface area (Å²) in [6.45, 7) is 0.602. The summed E-state index contributed by atoms with van der Waals surface area (Å²) in [6, 6.07) is 2.47. The van der Waals surface area contributed by atoms with Gasteiger partial charge in [-0.1, -0.05) is 11.6 Å². The van der Waals surface area contributed by atoms with Gasteiger partial charge in [0.25, 0.3) is 5.91 Å². The Morgan fingerprint density at radius 3 is 2.79 bits per heavy atom. The molecule has 4 nitrogen and oxygen atoms in total. The molecule has 0 radical (unpaired) electrons. The van der Waals surface area contributed by atoms with Crippen LogP contribution in [-0.2, 0) is 17.8 Å². The zero-order chi connectivity index (χ0) is 14.0. The van der Waals surface area contributed by atoms with Gasteiger partial charge in [-0.15, -0.1) is 0 Å². The minimum absolute atomic E-state index is 0.185. The number of hydrogen-bond donors (Lipinski definition) is 2. The third-order valence-electron chi connectivity index (χ3n) is 3.33. The van der Waals surface area contributed by atoms with Gasteiger partial charge in [-0.3, -0.25) is 4.79 Å². The summed E-state index contributed by atoms with van der Waals surface area (Å²) < 4.78 is 13.3. The van der Waals surface area contributed by atoms with E-state index in [4.69, 9.17) is 11.6 Å². The first-order valence-corrected chi connectivity index (χ1v) is 6.45. The molecule has 104 valence electrons. The van der Waals surface area contributed by atoms with Gasteiger partial charge in [-0.2, -0.15) is 0 Å². The van der Waals surface area contributed by atoms with E-state index in [1.165, 1.54) is 11.0 Å². The number of amides is 1. The fourth-order valence-electron chi connectivity index (χ4n) is 2.26. The number of hydrogen-bond acceptors (Lipinski definition) is 3. The Bertz CT molecular complexity index is 495. The topological polar surface area (TPSA) is 60.8 Å². The van der Waals surface area contributed by atoms with Gasteiger partial charge in [0.15, 0.2) is 0 Å². The molecule has 0 bridgehead atoms. The second-order valence-corrected chi connectivity index (χ2v) is 4.97. The first kappa shape index (κ1) is 14.2. The van der Waals surface area contributed by atoms with Crippen molar-refractivity contribution in [3.8, 4) is 0 Å². The summed E-state index contributed by atoms with van der Waals surface area (Å²) in [5.74, 6) is -0.766. The Kier molecular flexibility index (Phi) is 4.39. The Balaban J connectivity index is 2.09. The standard InChI is InChI=1S/C13H15ClFNO3/c14-11-6-9(15)5-8(10(11)7-17)1-3-16-4-2-12(18)13(16)19/h5-6,12,17-18H,1-4,7H2/t12-/m0/s1. The molecule has 1 amide bonds. The van der Waals surface area contributed by atoms with Crippen molar-refractivity contribution in [1.82, 2.24) is 4.90 Å². The van der Waals surface area contributed by atoms with Crippen LogP contribution in [0.15, 0.2) is 12.1 Å². The van der Waals surface area contributed by atoms with Crippen LogP contribution in [0.2, 0.25) is 5.02 Å². The lowest BCUT2D eigenvalue weighted by molar-refractivity contribution is -0.134. The maximum atomic E-state index is 13.3. The van der Waals surface area contributed by atoms with Crippen molar-refractivity contribution < 1.29 is 19.4 Å². The second-order valence-electron chi connectivity index (χ2n) is 4.56. The third-order valence-corrected chi connectivity index (χ3v) is 3.67. The molecule has 0 spiro atoms. The van der Waals surface area contributed by atoms with Gasteiger partial charge in [0, 0.05) is 18.1 Å². The SMILES string of the molecule is O=C1[C@@H](O)CCN1CCc1cc(F)cc(Cl)c1CO. The van der Waals surface area contributed by atoms with Crippen molar-refractivity contribution in [3.63, 3.8) is 0 Å². The van der Waals surface area contributed by atoms with E-state index in [0.717, 1.165) is 6.07 Å². The highest BCUT2D eigenvalue weighted by Crippen LogP contribution is 2.23. The van der Waals surface area contributed by atoms with Gasteiger partial charge in [-0.25, -0.2) is 4.39 Å². The minimum Gasteiger partial charge on any atom is -0.392 e. The van der Waals surface area contributed by atoms with E-state index >= 15 is 0 Å². The van der Waals surface area contributed by atoms with E-state index in [9.17, 15) is 19.4 Å². The summed E-state index contributed by atoms with van der Waals surface area (Å²) >= 11 is 5.86. The van der Waals surface area contributed by atoms with Crippen molar-refractivity contribution in [2.75, 3.05) is 13.1 Å². The number of carbonyl (C=O) groups excluding carboxylic acids is 1. The van der Waals surface area contributed by atoms with Crippen LogP contribution < -0.4 is 0 Å². The summed E-state index contributed by atoms with van der Waals surface area (Å²) in [4.78, 5) is 13.1. The summed E-state index contributed by atoms with van der Waals surface area (Å²) in [6.07, 6.45) is -0.102. The van der Waals surface area contributed by atoms with Crippen molar-refractivity contribution in [1.29, 1.82) is 0 Å². The van der Waals surface area contributed by atoms with Crippen LogP contribution >= 0.6 is 11.6 Å². The number of benzene rings is 1. The number of halogens is 2. The molecule has 2 rings (SSSR count). The average molecular weight is 288 g/mol. The highest BCUT2D eigenvalue weighted by molar-refractivity contribution is 6.31. The molecule has 1 fully saturated rings. The largest absolute Gasteiger partial charge is 0.392 e. The molecule has 2 N–H and O–H groups in total. The smallest absolute Gasteiger partial charge is 0.251 e. The van der Waals surface area contributed by atoms with Crippen molar-refractivity contribution in [2.24, 2.45) is 0 Å². The van der Waals surface area contributed by atoms with E-state index in [1.807, 2.05) is 0 Å². The molecule has 0 unspecified atom stereocenters. The Hall–Kier alpha value is -1.17. The van der Waals surface area contributed by atoms with Crippen LogP contribution in [0.3, 0.4) is 0 Å². The van der Waals surface area contributed by atoms with Gasteiger partial charge in [0.1, 0.15) is 11.9 Å². The monoisotopic (exact) mass is 287 g/mol. The van der Waals surface area contributed by atoms with E-state index in [1.54, 1.807) is 0 Å². The fourth-order valence-corrected chi connectivity index (χ4v) is 2.54. The van der Waals surface area contributed by atoms with Crippen LogP contribution in [0.5, 0.6) is 0 Å². The Morgan fingerprint density at radius 1 is 1.47 bits per heavy atom. The summed E-state index contributed by atoms with van der Waals surface area (Å²) in [5.41, 5.74) is 1.07. The Labute approximate surface area is 115 Å². The fraction of sp³-hybridized carbons (Fsp3) is 0.462. The molecule has 0 aromatic heterocycles. The number of aliphatic hydroxyl groups excluding tert-OH is 2. The first-order chi connectivity index (χ1) is 9.02. The van der Waals surface area contributed by atoms with Gasteiger partial charge in [0.2, 0.25) is 0 Å². The van der Waals surface area contributed by atoms with Gasteiger partial charge < -0.3 is 15.1 Å². The molecule has 6 heteroatoms. The maximum Gasteiger partial charge on any atom is 0.251 e. The van der Waals surface area contributed by atoms with E-state index in [0.29, 0.717) is 37.1 Å². The van der Waals surface area contributed by atoms with E-state index in [2.05, 4.69) is 0 Å². The molecule has 1 atom stereocenters. The number of nitrogens with zero attached hydrogens (tertiary/aromatic N) is 1. The number of carbonyl (C=O) groups is 1. The molecule has 1 aliphatic rings. The molecule has 1 aliphatic heterocycles. The molecule has 1 aromatic carbocycles. The quantitative estimate of drug-likeness (QED) is 0.872. The number of likely N-dealkylation sites (tertiary alicyclic amines) is 1. The van der Waals surface area contributed by atoms with Crippen molar-refractivity contribution >= 4 is 17.5 Å². The maximum absolute atomic E-state index is 13.3. The lowest BCUT2D eigenvalue weighted by Crippen LogP contribution is -2.31. The minimum atomic E-state index is -0.923. The highest BCUT2D eigenvalue weighted by atomic mass is 35.5. The zero-order valence-electron chi connectivity index (χ0n) is 10.3. The van der Waals surface area contributed by atoms with Crippen LogP contribution in [0, 0.1) is 5.82 Å². The normalized spacial score (nSPS) is 19.3. The molecule has 0 aliphatic carbocycles. The highest BCUT2D eigenvalue weighted by Gasteiger charge is 2.29. The Morgan fingerprint density at radius 2 is 2.21 bits per heavy atom. The lowest BCUT2D eigenvalue weighted by atomic mass is 10.0. The molecular weight excluding hydrogens is 273 g/mol. The van der Waals surface area contributed by atoms with Gasteiger partial charge in [-0.05, 0) is 36.1 Å². The predicted octanol–water partition coefficient (Wildman–Crippen LogP) is 1.11. The third kappa shape index (κ3) is 3.05. The van der Waals surface area contributed by atoms with Gasteiger partial charge in [0.05, 0.1) is 6.61 Å². The van der Waals surface area contributed by atoms with E-state index < -0.39 is 11.9 Å². The average Bonchev–Trinajstić information content (AvgIpc) is 2.67. The second kappa shape index (κ2) is 5.86. The molecule has 19 heavy (non-hydrogen) atoms. The number of rotatable bonds is 4. The van der Waals surface area contributed by atoms with E-state index in [-0.39, 0.29) is 17.5 Å². The van der Waals surface area contributed by atoms with Crippen molar-refractivity contribution in [3.05, 3.63) is 34.1 Å². The van der Waals surface area contributed by atoms with Crippen LogP contribution in [-0.4, -0.2) is 40.2 Å². The first-order valence-electron chi connectivity index (χ1n) is 6.07. The summed E-state index contributed by atoms with van der Waals surface area (Å²) in [5, 5.41) is 18.8. The number of aliphatic hydroxyl groups is 2. The lowest BCUT2D eigenvalue weighted by Gasteiger charge is -2.17. The van der Waals surface area contributed by atoms with Crippen LogP contribution in [0.4, 0.5) is 4.39 Å². The predicted molar refractivity (Wildman–Crippen MR) is 68.2 cm³/mol.